The highest BCUT2D eigenvalue weighted by Gasteiger charge is 2.25. The summed E-state index contributed by atoms with van der Waals surface area (Å²) in [6, 6.07) is 5.07. The van der Waals surface area contributed by atoms with Crippen LogP contribution in [0.1, 0.15) is 36.0 Å². The van der Waals surface area contributed by atoms with Gasteiger partial charge in [-0.05, 0) is 50.6 Å². The lowest BCUT2D eigenvalue weighted by Crippen LogP contribution is -2.43. The zero-order valence-corrected chi connectivity index (χ0v) is 15.4. The number of likely N-dealkylation sites (tertiary alicyclic amines) is 1. The van der Waals surface area contributed by atoms with Gasteiger partial charge in [0.1, 0.15) is 0 Å². The molecule has 4 nitrogen and oxygen atoms in total. The van der Waals surface area contributed by atoms with Gasteiger partial charge in [-0.1, -0.05) is 29.6 Å². The molecule has 0 unspecified atom stereocenters. The van der Waals surface area contributed by atoms with Crippen molar-refractivity contribution in [1.29, 1.82) is 0 Å². The fraction of sp³-hybridized carbons (Fsp3) is 0.611. The first-order valence-corrected chi connectivity index (χ1v) is 9.47. The minimum atomic E-state index is 0.00251. The maximum Gasteiger partial charge on any atom is 0.253 e. The van der Waals surface area contributed by atoms with Crippen molar-refractivity contribution in [1.82, 2.24) is 9.80 Å². The molecule has 0 spiro atoms. The second-order valence-electron chi connectivity index (χ2n) is 6.59. The van der Waals surface area contributed by atoms with Crippen LogP contribution in [-0.2, 0) is 4.74 Å². The van der Waals surface area contributed by atoms with E-state index in [9.17, 15) is 4.79 Å². The van der Waals surface area contributed by atoms with Crippen LogP contribution in [0.3, 0.4) is 0 Å². The molecule has 0 bridgehead atoms. The Morgan fingerprint density at radius 2 is 1.88 bits per heavy atom. The summed E-state index contributed by atoms with van der Waals surface area (Å²) < 4.78 is 5.98. The van der Waals surface area contributed by atoms with E-state index in [1.165, 1.54) is 19.3 Å². The van der Waals surface area contributed by atoms with E-state index >= 15 is 0 Å². The maximum atomic E-state index is 12.8. The molecular weight excluding hydrogens is 347 g/mol. The van der Waals surface area contributed by atoms with Crippen LogP contribution in [0.4, 0.5) is 0 Å². The lowest BCUT2D eigenvalue weighted by Gasteiger charge is -2.31. The van der Waals surface area contributed by atoms with Crippen molar-refractivity contribution in [3.8, 4) is 0 Å². The number of rotatable bonds is 3. The summed E-state index contributed by atoms with van der Waals surface area (Å²) in [7, 11) is 0. The Kier molecular flexibility index (Phi) is 6.39. The van der Waals surface area contributed by atoms with Gasteiger partial charge in [0.25, 0.3) is 5.91 Å². The van der Waals surface area contributed by atoms with Gasteiger partial charge in [0.2, 0.25) is 0 Å². The summed E-state index contributed by atoms with van der Waals surface area (Å²) in [6.45, 7) is 5.25. The second-order valence-corrected chi connectivity index (χ2v) is 7.40. The number of ether oxygens (including phenoxy) is 1. The van der Waals surface area contributed by atoms with Crippen LogP contribution in [0.2, 0.25) is 10.0 Å². The second kappa shape index (κ2) is 8.52. The molecule has 0 aliphatic carbocycles. The molecule has 2 saturated heterocycles. The fourth-order valence-corrected chi connectivity index (χ4v) is 3.73. The largest absolute Gasteiger partial charge is 0.375 e. The Bertz CT molecular complexity index is 576. The molecule has 1 atom stereocenters. The van der Waals surface area contributed by atoms with E-state index < -0.39 is 0 Å². The lowest BCUT2D eigenvalue weighted by atomic mass is 10.1. The van der Waals surface area contributed by atoms with Gasteiger partial charge in [0.15, 0.2) is 0 Å². The molecule has 2 aliphatic rings. The molecule has 1 aromatic carbocycles. The van der Waals surface area contributed by atoms with Gasteiger partial charge < -0.3 is 14.5 Å². The quantitative estimate of drug-likeness (QED) is 0.812. The monoisotopic (exact) mass is 370 g/mol. The van der Waals surface area contributed by atoms with Gasteiger partial charge in [-0.3, -0.25) is 4.79 Å². The van der Waals surface area contributed by atoms with Crippen molar-refractivity contribution >= 4 is 29.1 Å². The summed E-state index contributed by atoms with van der Waals surface area (Å²) in [6.07, 6.45) is 4.79. The summed E-state index contributed by atoms with van der Waals surface area (Å²) in [5.74, 6) is 0.00251. The number of hydrogen-bond donors (Lipinski definition) is 0. The van der Waals surface area contributed by atoms with Crippen LogP contribution in [-0.4, -0.2) is 61.1 Å². The molecule has 6 heteroatoms. The molecule has 2 heterocycles. The van der Waals surface area contributed by atoms with Gasteiger partial charge in [-0.15, -0.1) is 0 Å². The van der Waals surface area contributed by atoms with Crippen LogP contribution in [0.25, 0.3) is 0 Å². The first kappa shape index (κ1) is 18.0. The number of nitrogens with zero attached hydrogens (tertiary/aromatic N) is 2. The Balaban J connectivity index is 1.64. The topological polar surface area (TPSA) is 32.8 Å². The molecule has 2 aliphatic heterocycles. The number of amides is 1. The van der Waals surface area contributed by atoms with E-state index in [2.05, 4.69) is 4.90 Å². The molecule has 0 radical (unpaired) electrons. The third-order valence-corrected chi connectivity index (χ3v) is 5.45. The van der Waals surface area contributed by atoms with E-state index in [1.807, 2.05) is 4.90 Å². The van der Waals surface area contributed by atoms with Gasteiger partial charge in [-0.25, -0.2) is 0 Å². The highest BCUT2D eigenvalue weighted by molar-refractivity contribution is 6.42. The Morgan fingerprint density at radius 1 is 1.08 bits per heavy atom. The minimum absolute atomic E-state index is 0.00251. The summed E-state index contributed by atoms with van der Waals surface area (Å²) in [4.78, 5) is 17.2. The summed E-state index contributed by atoms with van der Waals surface area (Å²) >= 11 is 12.0. The first-order chi connectivity index (χ1) is 11.6. The summed E-state index contributed by atoms with van der Waals surface area (Å²) in [5.41, 5.74) is 0.586. The van der Waals surface area contributed by atoms with Gasteiger partial charge in [0, 0.05) is 31.8 Å². The van der Waals surface area contributed by atoms with Crippen LogP contribution in [0, 0.1) is 0 Å². The molecule has 3 rings (SSSR count). The molecule has 24 heavy (non-hydrogen) atoms. The standard InChI is InChI=1S/C18H24Cl2N2O2/c19-16-6-5-14(11-17(16)20)18(23)22-9-4-10-24-15(13-22)12-21-7-2-1-3-8-21/h5-6,11,15H,1-4,7-10,12-13H2/t15-/m0/s1. The van der Waals surface area contributed by atoms with Gasteiger partial charge >= 0.3 is 0 Å². The predicted octanol–water partition coefficient (Wildman–Crippen LogP) is 3.71. The van der Waals surface area contributed by atoms with Crippen molar-refractivity contribution in [3.63, 3.8) is 0 Å². The van der Waals surface area contributed by atoms with Crippen molar-refractivity contribution in [2.45, 2.75) is 31.8 Å². The van der Waals surface area contributed by atoms with Crippen LogP contribution in [0.5, 0.6) is 0 Å². The smallest absolute Gasteiger partial charge is 0.253 e. The third kappa shape index (κ3) is 4.63. The molecule has 132 valence electrons. The molecule has 0 saturated carbocycles. The van der Waals surface area contributed by atoms with Gasteiger partial charge in [0.05, 0.1) is 16.1 Å². The number of halogens is 2. The van der Waals surface area contributed by atoms with E-state index in [-0.39, 0.29) is 12.0 Å². The maximum absolute atomic E-state index is 12.8. The first-order valence-electron chi connectivity index (χ1n) is 8.72. The number of carbonyl (C=O) groups is 1. The molecule has 2 fully saturated rings. The Labute approximate surface area is 153 Å². The summed E-state index contributed by atoms with van der Waals surface area (Å²) in [5, 5.41) is 0.883. The van der Waals surface area contributed by atoms with E-state index in [0.717, 1.165) is 32.6 Å². The zero-order valence-electron chi connectivity index (χ0n) is 13.8. The highest BCUT2D eigenvalue weighted by atomic mass is 35.5. The van der Waals surface area contributed by atoms with Crippen molar-refractivity contribution in [2.75, 3.05) is 39.3 Å². The van der Waals surface area contributed by atoms with Crippen molar-refractivity contribution in [2.24, 2.45) is 0 Å². The number of piperidine rings is 1. The van der Waals surface area contributed by atoms with Gasteiger partial charge in [-0.2, -0.15) is 0 Å². The zero-order chi connectivity index (χ0) is 16.9. The highest BCUT2D eigenvalue weighted by Crippen LogP contribution is 2.24. The molecule has 0 N–H and O–H groups in total. The van der Waals surface area contributed by atoms with Crippen molar-refractivity contribution in [3.05, 3.63) is 33.8 Å². The molecule has 1 amide bonds. The fourth-order valence-electron chi connectivity index (χ4n) is 3.43. The Morgan fingerprint density at radius 3 is 2.62 bits per heavy atom. The Hall–Kier alpha value is -0.810. The number of benzene rings is 1. The predicted molar refractivity (Wildman–Crippen MR) is 97.0 cm³/mol. The average Bonchev–Trinajstić information content (AvgIpc) is 2.83. The van der Waals surface area contributed by atoms with Crippen molar-refractivity contribution < 1.29 is 9.53 Å². The average molecular weight is 371 g/mol. The minimum Gasteiger partial charge on any atom is -0.375 e. The molecule has 1 aromatic rings. The van der Waals surface area contributed by atoms with E-state index in [4.69, 9.17) is 27.9 Å². The van der Waals surface area contributed by atoms with E-state index in [1.54, 1.807) is 18.2 Å². The number of hydrogen-bond acceptors (Lipinski definition) is 3. The third-order valence-electron chi connectivity index (χ3n) is 4.71. The normalized spacial score (nSPS) is 23.1. The lowest BCUT2D eigenvalue weighted by molar-refractivity contribution is 0.0216. The van der Waals surface area contributed by atoms with Crippen LogP contribution < -0.4 is 0 Å². The van der Waals surface area contributed by atoms with E-state index in [0.29, 0.717) is 28.8 Å². The van der Waals surface area contributed by atoms with Crippen LogP contribution in [0.15, 0.2) is 18.2 Å². The number of carbonyl (C=O) groups excluding carboxylic acids is 1. The van der Waals surface area contributed by atoms with Crippen LogP contribution >= 0.6 is 23.2 Å². The SMILES string of the molecule is O=C(c1ccc(Cl)c(Cl)c1)N1CCCO[C@@H](CN2CCCCC2)C1. The molecular formula is C18H24Cl2N2O2. The molecule has 0 aromatic heterocycles.